The highest BCUT2D eigenvalue weighted by molar-refractivity contribution is 5.46. The summed E-state index contributed by atoms with van der Waals surface area (Å²) in [5, 5.41) is 3.01. The Labute approximate surface area is 110 Å². The van der Waals surface area contributed by atoms with Crippen molar-refractivity contribution in [1.82, 2.24) is 4.98 Å². The van der Waals surface area contributed by atoms with E-state index in [9.17, 15) is 8.78 Å². The first-order valence-corrected chi connectivity index (χ1v) is 6.75. The van der Waals surface area contributed by atoms with Crippen molar-refractivity contribution in [2.75, 3.05) is 17.3 Å². The molecule has 3 rings (SSSR count). The van der Waals surface area contributed by atoms with Gasteiger partial charge in [-0.1, -0.05) is 0 Å². The van der Waals surface area contributed by atoms with E-state index in [-0.39, 0.29) is 11.6 Å². The smallest absolute Gasteiger partial charge is 0.178 e. The molecule has 104 valence electrons. The van der Waals surface area contributed by atoms with Crippen molar-refractivity contribution in [3.05, 3.63) is 17.7 Å². The van der Waals surface area contributed by atoms with E-state index < -0.39 is 11.6 Å². The number of nitrogens with two attached hydrogens (primary N) is 1. The highest BCUT2D eigenvalue weighted by Gasteiger charge is 2.41. The molecule has 2 aliphatic rings. The topological polar surface area (TPSA) is 63.0 Å². The van der Waals surface area contributed by atoms with Crippen LogP contribution in [0, 0.1) is 29.4 Å². The first-order valence-electron chi connectivity index (χ1n) is 6.75. The lowest BCUT2D eigenvalue weighted by molar-refractivity contribution is 0.426. The van der Waals surface area contributed by atoms with Crippen LogP contribution in [0.2, 0.25) is 0 Å². The van der Waals surface area contributed by atoms with Crippen LogP contribution in [0.3, 0.4) is 0 Å². The van der Waals surface area contributed by atoms with Crippen molar-refractivity contribution in [1.29, 1.82) is 0 Å². The Bertz CT molecular complexity index is 460. The Morgan fingerprint density at radius 2 is 1.74 bits per heavy atom. The van der Waals surface area contributed by atoms with Gasteiger partial charge < -0.3 is 10.7 Å². The molecule has 6 heteroatoms. The minimum Gasteiger partial charge on any atom is -0.367 e. The maximum Gasteiger partial charge on any atom is 0.178 e. The van der Waals surface area contributed by atoms with Crippen LogP contribution in [0.1, 0.15) is 25.7 Å². The van der Waals surface area contributed by atoms with Crippen LogP contribution in [-0.4, -0.2) is 11.5 Å². The molecule has 0 aliphatic heterocycles. The summed E-state index contributed by atoms with van der Waals surface area (Å²) in [6.07, 6.45) is 5.10. The number of nitrogen functional groups attached to an aromatic ring is 1. The molecule has 0 bridgehead atoms. The molecule has 0 saturated heterocycles. The molecule has 2 aliphatic carbocycles. The molecule has 19 heavy (non-hydrogen) atoms. The highest BCUT2D eigenvalue weighted by atomic mass is 19.1. The number of rotatable bonds is 6. The normalized spacial score (nSPS) is 18.7. The van der Waals surface area contributed by atoms with Crippen molar-refractivity contribution in [2.45, 2.75) is 25.7 Å². The Morgan fingerprint density at radius 1 is 1.16 bits per heavy atom. The number of hydrogen-bond acceptors (Lipinski definition) is 4. The van der Waals surface area contributed by atoms with Gasteiger partial charge in [0.25, 0.3) is 0 Å². The summed E-state index contributed by atoms with van der Waals surface area (Å²) >= 11 is 0. The van der Waals surface area contributed by atoms with Gasteiger partial charge in [-0.05, 0) is 43.4 Å². The third-order valence-electron chi connectivity index (χ3n) is 4.03. The van der Waals surface area contributed by atoms with Crippen LogP contribution in [-0.2, 0) is 0 Å². The zero-order chi connectivity index (χ0) is 13.4. The predicted molar refractivity (Wildman–Crippen MR) is 69.4 cm³/mol. The van der Waals surface area contributed by atoms with Gasteiger partial charge in [0, 0.05) is 12.6 Å². The van der Waals surface area contributed by atoms with Gasteiger partial charge in [-0.25, -0.2) is 19.6 Å². The van der Waals surface area contributed by atoms with Crippen molar-refractivity contribution in [2.24, 2.45) is 23.6 Å². The van der Waals surface area contributed by atoms with Crippen LogP contribution >= 0.6 is 0 Å². The third-order valence-corrected chi connectivity index (χ3v) is 4.03. The van der Waals surface area contributed by atoms with Crippen LogP contribution in [0.25, 0.3) is 0 Å². The molecular weight excluding hydrogens is 250 g/mol. The van der Waals surface area contributed by atoms with Crippen molar-refractivity contribution >= 4 is 11.6 Å². The van der Waals surface area contributed by atoms with Crippen molar-refractivity contribution < 1.29 is 8.78 Å². The monoisotopic (exact) mass is 268 g/mol. The molecule has 1 aromatic rings. The van der Waals surface area contributed by atoms with Crippen molar-refractivity contribution in [3.63, 3.8) is 0 Å². The fraction of sp³-hybridized carbons (Fsp3) is 0.615. The predicted octanol–water partition coefficient (Wildman–Crippen LogP) is 2.49. The lowest BCUT2D eigenvalue weighted by Crippen LogP contribution is -2.20. The second kappa shape index (κ2) is 4.92. The van der Waals surface area contributed by atoms with E-state index >= 15 is 0 Å². The molecule has 0 aromatic carbocycles. The van der Waals surface area contributed by atoms with Crippen LogP contribution in [0.5, 0.6) is 0 Å². The van der Waals surface area contributed by atoms with Crippen LogP contribution in [0.4, 0.5) is 20.4 Å². The molecule has 0 atom stereocenters. The summed E-state index contributed by atoms with van der Waals surface area (Å²) < 4.78 is 26.9. The molecule has 2 saturated carbocycles. The zero-order valence-corrected chi connectivity index (χ0v) is 10.6. The molecule has 4 nitrogen and oxygen atoms in total. The molecule has 1 heterocycles. The fourth-order valence-corrected chi connectivity index (χ4v) is 2.67. The number of hydrogen-bond donors (Lipinski definition) is 3. The number of aromatic nitrogens is 1. The lowest BCUT2D eigenvalue weighted by atomic mass is 9.98. The number of halogens is 2. The maximum atomic E-state index is 13.6. The second-order valence-corrected chi connectivity index (χ2v) is 5.51. The zero-order valence-electron chi connectivity index (χ0n) is 10.6. The van der Waals surface area contributed by atoms with E-state index in [0.29, 0.717) is 12.5 Å². The summed E-state index contributed by atoms with van der Waals surface area (Å²) in [5.41, 5.74) is 2.13. The van der Waals surface area contributed by atoms with E-state index in [0.717, 1.165) is 17.9 Å². The quantitative estimate of drug-likeness (QED) is 0.548. The van der Waals surface area contributed by atoms with Gasteiger partial charge in [0.2, 0.25) is 0 Å². The molecular formula is C13H18F2N4. The van der Waals surface area contributed by atoms with E-state index in [1.807, 2.05) is 0 Å². The van der Waals surface area contributed by atoms with E-state index in [1.165, 1.54) is 25.7 Å². The highest BCUT2D eigenvalue weighted by Crippen LogP contribution is 2.49. The molecule has 4 N–H and O–H groups in total. The number of nitrogens with zero attached hydrogens (tertiary/aromatic N) is 1. The summed E-state index contributed by atoms with van der Waals surface area (Å²) in [7, 11) is 0. The van der Waals surface area contributed by atoms with Crippen molar-refractivity contribution in [3.8, 4) is 0 Å². The summed E-state index contributed by atoms with van der Waals surface area (Å²) in [6.45, 7) is 0.703. The molecule has 2 fully saturated rings. The third kappa shape index (κ3) is 2.78. The van der Waals surface area contributed by atoms with Crippen LogP contribution < -0.4 is 16.6 Å². The Morgan fingerprint density at radius 3 is 2.26 bits per heavy atom. The van der Waals surface area contributed by atoms with Gasteiger partial charge in [0.1, 0.15) is 0 Å². The molecule has 0 unspecified atom stereocenters. The number of anilines is 2. The van der Waals surface area contributed by atoms with Crippen LogP contribution in [0.15, 0.2) is 6.07 Å². The first-order chi connectivity index (χ1) is 9.19. The van der Waals surface area contributed by atoms with Gasteiger partial charge in [-0.15, -0.1) is 0 Å². The number of nitrogens with one attached hydrogen (secondary N) is 2. The van der Waals surface area contributed by atoms with Gasteiger partial charge in [0.15, 0.2) is 23.3 Å². The lowest BCUT2D eigenvalue weighted by Gasteiger charge is -2.17. The Balaban J connectivity index is 1.68. The average Bonchev–Trinajstić information content (AvgIpc) is 3.26. The molecule has 0 amide bonds. The largest absolute Gasteiger partial charge is 0.367 e. The number of hydrazine groups is 1. The fourth-order valence-electron chi connectivity index (χ4n) is 2.67. The van der Waals surface area contributed by atoms with E-state index in [2.05, 4.69) is 15.7 Å². The van der Waals surface area contributed by atoms with E-state index in [1.54, 1.807) is 0 Å². The minimum absolute atomic E-state index is 0.0700. The number of pyridine rings is 1. The molecule has 0 spiro atoms. The van der Waals surface area contributed by atoms with E-state index in [4.69, 9.17) is 5.84 Å². The standard InChI is InChI=1S/C13H18F2N4/c14-10-5-11(15)13(19-16)18-12(10)17-6-9(7-1-2-7)8-3-4-8/h5,7-9H,1-4,6,16H2,(H2,17,18,19). The van der Waals surface area contributed by atoms with Gasteiger partial charge in [0.05, 0.1) is 0 Å². The van der Waals surface area contributed by atoms with Gasteiger partial charge >= 0.3 is 0 Å². The second-order valence-electron chi connectivity index (χ2n) is 5.51. The molecule has 1 aromatic heterocycles. The van der Waals surface area contributed by atoms with Gasteiger partial charge in [-0.3, -0.25) is 0 Å². The summed E-state index contributed by atoms with van der Waals surface area (Å²) in [4.78, 5) is 3.82. The summed E-state index contributed by atoms with van der Waals surface area (Å²) in [5.74, 6) is 5.75. The maximum absolute atomic E-state index is 13.6. The average molecular weight is 268 g/mol. The van der Waals surface area contributed by atoms with Gasteiger partial charge in [-0.2, -0.15) is 0 Å². The minimum atomic E-state index is -0.786. The SMILES string of the molecule is NNc1nc(NCC(C2CC2)C2CC2)c(F)cc1F. The Hall–Kier alpha value is -1.43. The Kier molecular flexibility index (Phi) is 3.26. The molecule has 0 radical (unpaired) electrons. The summed E-state index contributed by atoms with van der Waals surface area (Å²) in [6, 6.07) is 0.799. The first kappa shape index (κ1) is 12.6.